The molecule has 2 aromatic heterocycles. The highest BCUT2D eigenvalue weighted by Gasteiger charge is 2.39. The zero-order valence-corrected chi connectivity index (χ0v) is 25.1. The molecule has 1 saturated heterocycles. The van der Waals surface area contributed by atoms with Crippen LogP contribution in [0.15, 0.2) is 53.8 Å². The first-order chi connectivity index (χ1) is 22.0. The summed E-state index contributed by atoms with van der Waals surface area (Å²) in [6.45, 7) is 6.99. The average molecular weight is 660 g/mol. The number of alkyl halides is 3. The molecule has 5 rings (SSSR count). The van der Waals surface area contributed by atoms with E-state index in [1.54, 1.807) is 25.7 Å². The minimum absolute atomic E-state index is 0.122. The number of anilines is 2. The summed E-state index contributed by atoms with van der Waals surface area (Å²) in [4.78, 5) is 66.5. The van der Waals surface area contributed by atoms with Crippen molar-refractivity contribution in [2.45, 2.75) is 32.5 Å². The molecule has 0 bridgehead atoms. The van der Waals surface area contributed by atoms with E-state index in [0.29, 0.717) is 44.3 Å². The Kier molecular flexibility index (Phi) is 8.66. The number of hydrogen-bond donors (Lipinski definition) is 1. The molecule has 17 heteroatoms. The number of fused-ring (bicyclic) bond motifs is 1. The Bertz CT molecular complexity index is 1930. The minimum Gasteiger partial charge on any atom is -0.444 e. The molecule has 246 valence electrons. The number of carbonyl (C=O) groups is 3. The maximum atomic E-state index is 15.0. The third-order valence-electron chi connectivity index (χ3n) is 6.96. The molecular formula is C30H26F5N7O5. The van der Waals surface area contributed by atoms with Gasteiger partial charge < -0.3 is 19.9 Å². The smallest absolute Gasteiger partial charge is 0.444 e. The van der Waals surface area contributed by atoms with Gasteiger partial charge in [0.2, 0.25) is 5.95 Å². The Morgan fingerprint density at radius 3 is 2.19 bits per heavy atom. The van der Waals surface area contributed by atoms with E-state index in [9.17, 15) is 36.7 Å². The fraction of sp³-hybridized carbons (Fsp3) is 0.300. The molecule has 0 saturated carbocycles. The van der Waals surface area contributed by atoms with Crippen molar-refractivity contribution in [1.29, 1.82) is 0 Å². The van der Waals surface area contributed by atoms with Crippen LogP contribution in [0.5, 0.6) is 0 Å². The van der Waals surface area contributed by atoms with Crippen molar-refractivity contribution in [3.63, 3.8) is 0 Å². The standard InChI is InChI=1S/C30H26F5N7O5/c1-29(2,3)47-28(46)41-10-8-40(9-11-41)27-36-13-17(14-37-27)42-15-38-20-6-4-16(12-18(20)25(42)44)24(43)22-19(31)5-7-21(23(22)32)39-26(45)30(33,34)35/h4-7,12-15H,8-11H2,1-3H3,(H,39,45). The molecule has 4 aromatic rings. The lowest BCUT2D eigenvalue weighted by Gasteiger charge is -2.35. The van der Waals surface area contributed by atoms with Gasteiger partial charge in [-0.2, -0.15) is 13.2 Å². The molecule has 2 amide bonds. The summed E-state index contributed by atoms with van der Waals surface area (Å²) in [6.07, 6.45) is -1.83. The number of aromatic nitrogens is 4. The first-order valence-corrected chi connectivity index (χ1v) is 14.0. The zero-order valence-electron chi connectivity index (χ0n) is 25.1. The first kappa shape index (κ1) is 32.9. The predicted octanol–water partition coefficient (Wildman–Crippen LogP) is 4.24. The monoisotopic (exact) mass is 659 g/mol. The topological polar surface area (TPSA) is 140 Å². The van der Waals surface area contributed by atoms with Crippen molar-refractivity contribution in [3.05, 3.63) is 82.2 Å². The Labute approximate surface area is 262 Å². The second-order valence-electron chi connectivity index (χ2n) is 11.4. The van der Waals surface area contributed by atoms with E-state index < -0.39 is 58.0 Å². The number of carbonyl (C=O) groups excluding carboxylic acids is 3. The summed E-state index contributed by atoms with van der Waals surface area (Å²) < 4.78 is 74.1. The van der Waals surface area contributed by atoms with Gasteiger partial charge in [0.05, 0.1) is 40.2 Å². The summed E-state index contributed by atoms with van der Waals surface area (Å²) in [5.41, 5.74) is -3.62. The lowest BCUT2D eigenvalue weighted by atomic mass is 10.00. The van der Waals surface area contributed by atoms with Gasteiger partial charge in [-0.15, -0.1) is 0 Å². The summed E-state index contributed by atoms with van der Waals surface area (Å²) >= 11 is 0. The van der Waals surface area contributed by atoms with Crippen molar-refractivity contribution in [3.8, 4) is 5.69 Å². The lowest BCUT2D eigenvalue weighted by Crippen LogP contribution is -2.50. The van der Waals surface area contributed by atoms with Crippen LogP contribution >= 0.6 is 0 Å². The van der Waals surface area contributed by atoms with Gasteiger partial charge in [-0.05, 0) is 51.1 Å². The number of hydrogen-bond acceptors (Lipinski definition) is 9. The molecule has 1 aliphatic heterocycles. The Morgan fingerprint density at radius 2 is 1.57 bits per heavy atom. The maximum Gasteiger partial charge on any atom is 0.471 e. The summed E-state index contributed by atoms with van der Waals surface area (Å²) in [5, 5.41) is 1.15. The number of benzene rings is 2. The van der Waals surface area contributed by atoms with Gasteiger partial charge in [0.25, 0.3) is 5.56 Å². The van der Waals surface area contributed by atoms with E-state index in [-0.39, 0.29) is 22.2 Å². The molecule has 3 heterocycles. The highest BCUT2D eigenvalue weighted by atomic mass is 19.4. The second-order valence-corrected chi connectivity index (χ2v) is 11.4. The summed E-state index contributed by atoms with van der Waals surface area (Å²) in [5.74, 6) is -6.58. The van der Waals surface area contributed by atoms with Gasteiger partial charge in [-0.1, -0.05) is 0 Å². The summed E-state index contributed by atoms with van der Waals surface area (Å²) in [6, 6.07) is 4.52. The minimum atomic E-state index is -5.36. The number of piperazine rings is 1. The van der Waals surface area contributed by atoms with E-state index in [1.807, 2.05) is 4.90 Å². The van der Waals surface area contributed by atoms with E-state index in [0.717, 1.165) is 16.7 Å². The van der Waals surface area contributed by atoms with E-state index in [4.69, 9.17) is 4.74 Å². The SMILES string of the molecule is CC(C)(C)OC(=O)N1CCN(c2ncc(-n3cnc4ccc(C(=O)c5c(F)ccc(NC(=O)C(F)(F)F)c5F)cc4c3=O)cn2)CC1. The molecule has 1 fully saturated rings. The van der Waals surface area contributed by atoms with Crippen LogP contribution in [0.1, 0.15) is 36.7 Å². The van der Waals surface area contributed by atoms with Crippen LogP contribution in [0.3, 0.4) is 0 Å². The normalized spacial score (nSPS) is 13.9. The van der Waals surface area contributed by atoms with Gasteiger partial charge in [-0.3, -0.25) is 19.0 Å². The Balaban J connectivity index is 1.37. The van der Waals surface area contributed by atoms with Crippen LogP contribution < -0.4 is 15.8 Å². The van der Waals surface area contributed by atoms with Crippen LogP contribution in [0, 0.1) is 11.6 Å². The Morgan fingerprint density at radius 1 is 0.915 bits per heavy atom. The zero-order chi connectivity index (χ0) is 34.3. The van der Waals surface area contributed by atoms with Gasteiger partial charge in [-0.25, -0.2) is 28.5 Å². The molecular weight excluding hydrogens is 633 g/mol. The number of amides is 2. The number of rotatable bonds is 5. The van der Waals surface area contributed by atoms with Crippen LogP contribution in [0.4, 0.5) is 38.4 Å². The third kappa shape index (κ3) is 7.02. The van der Waals surface area contributed by atoms with Crippen LogP contribution in [-0.2, 0) is 9.53 Å². The predicted molar refractivity (Wildman–Crippen MR) is 157 cm³/mol. The van der Waals surface area contributed by atoms with Crippen LogP contribution in [-0.4, -0.2) is 80.2 Å². The van der Waals surface area contributed by atoms with E-state index >= 15 is 4.39 Å². The first-order valence-electron chi connectivity index (χ1n) is 14.0. The van der Waals surface area contributed by atoms with Crippen LogP contribution in [0.25, 0.3) is 16.6 Å². The maximum absolute atomic E-state index is 15.0. The highest BCUT2D eigenvalue weighted by molar-refractivity contribution is 6.11. The van der Waals surface area contributed by atoms with Crippen molar-refractivity contribution in [2.75, 3.05) is 36.4 Å². The van der Waals surface area contributed by atoms with Gasteiger partial charge >= 0.3 is 18.2 Å². The largest absolute Gasteiger partial charge is 0.471 e. The molecule has 47 heavy (non-hydrogen) atoms. The van der Waals surface area contributed by atoms with Crippen molar-refractivity contribution < 1.29 is 41.1 Å². The number of ether oxygens (including phenoxy) is 1. The van der Waals surface area contributed by atoms with Gasteiger partial charge in [0.1, 0.15) is 17.7 Å². The lowest BCUT2D eigenvalue weighted by molar-refractivity contribution is -0.167. The van der Waals surface area contributed by atoms with Crippen molar-refractivity contribution in [2.24, 2.45) is 0 Å². The third-order valence-corrected chi connectivity index (χ3v) is 6.96. The Hall–Kier alpha value is -5.48. The molecule has 0 aliphatic carbocycles. The fourth-order valence-electron chi connectivity index (χ4n) is 4.66. The molecule has 1 N–H and O–H groups in total. The molecule has 0 radical (unpaired) electrons. The van der Waals surface area contributed by atoms with Crippen LogP contribution in [0.2, 0.25) is 0 Å². The number of halogens is 5. The number of nitrogens with one attached hydrogen (secondary N) is 1. The quantitative estimate of drug-likeness (QED) is 0.246. The fourth-order valence-corrected chi connectivity index (χ4v) is 4.66. The molecule has 1 aliphatic rings. The van der Waals surface area contributed by atoms with Gasteiger partial charge in [0, 0.05) is 31.7 Å². The van der Waals surface area contributed by atoms with E-state index in [2.05, 4.69) is 15.0 Å². The molecule has 0 spiro atoms. The molecule has 0 unspecified atom stereocenters. The number of nitrogens with zero attached hydrogens (tertiary/aromatic N) is 6. The molecule has 12 nitrogen and oxygen atoms in total. The number of ketones is 1. The van der Waals surface area contributed by atoms with Crippen molar-refractivity contribution >= 4 is 40.3 Å². The van der Waals surface area contributed by atoms with E-state index in [1.165, 1.54) is 30.1 Å². The highest BCUT2D eigenvalue weighted by Crippen LogP contribution is 2.27. The van der Waals surface area contributed by atoms with Crippen molar-refractivity contribution in [1.82, 2.24) is 24.4 Å². The summed E-state index contributed by atoms with van der Waals surface area (Å²) in [7, 11) is 0. The van der Waals surface area contributed by atoms with Gasteiger partial charge in [0.15, 0.2) is 11.6 Å². The molecule has 0 atom stereocenters. The average Bonchev–Trinajstić information content (AvgIpc) is 3.01. The molecule has 2 aromatic carbocycles. The second kappa shape index (κ2) is 12.4.